The summed E-state index contributed by atoms with van der Waals surface area (Å²) in [6.07, 6.45) is 0. The fraction of sp³-hybridized carbons (Fsp3) is 0.438. The quantitative estimate of drug-likeness (QED) is 0.868. The molecule has 1 heterocycles. The van der Waals surface area contributed by atoms with Crippen LogP contribution in [-0.4, -0.2) is 16.9 Å². The molecule has 0 aliphatic carbocycles. The van der Waals surface area contributed by atoms with E-state index in [9.17, 15) is 4.79 Å². The van der Waals surface area contributed by atoms with E-state index in [1.54, 1.807) is 0 Å². The Hall–Kier alpha value is -1.77. The average Bonchev–Trinajstić information content (AvgIpc) is 2.64. The molecule has 1 amide bonds. The van der Waals surface area contributed by atoms with E-state index < -0.39 is 0 Å². The first-order valence-electron chi connectivity index (χ1n) is 6.80. The molecule has 0 fully saturated rings. The minimum Gasteiger partial charge on any atom is -0.358 e. The Morgan fingerprint density at radius 3 is 2.53 bits per heavy atom. The van der Waals surface area contributed by atoms with E-state index in [0.29, 0.717) is 5.92 Å². The first-order valence-corrected chi connectivity index (χ1v) is 6.80. The number of carbonyl (C=O) groups is 1. The lowest BCUT2D eigenvalue weighted by molar-refractivity contribution is 0.0930. The highest BCUT2D eigenvalue weighted by molar-refractivity contribution is 5.99. The predicted octanol–water partition coefficient (Wildman–Crippen LogP) is 3.56. The minimum atomic E-state index is 0.00125. The molecular weight excluding hydrogens is 236 g/mol. The summed E-state index contributed by atoms with van der Waals surface area (Å²) in [5.74, 6) is 0.435. The molecule has 0 aliphatic rings. The second-order valence-electron chi connectivity index (χ2n) is 5.64. The van der Waals surface area contributed by atoms with Crippen LogP contribution in [0.3, 0.4) is 0 Å². The van der Waals surface area contributed by atoms with Gasteiger partial charge in [-0.15, -0.1) is 0 Å². The minimum absolute atomic E-state index is 0.00125. The lowest BCUT2D eigenvalue weighted by Crippen LogP contribution is -2.36. The molecular formula is C16H22N2O. The van der Waals surface area contributed by atoms with E-state index in [2.05, 4.69) is 38.0 Å². The number of rotatable bonds is 3. The molecule has 1 atom stereocenters. The number of hydrogen-bond donors (Lipinski definition) is 2. The van der Waals surface area contributed by atoms with E-state index in [1.807, 2.05) is 25.1 Å². The molecule has 0 saturated heterocycles. The molecule has 0 saturated carbocycles. The van der Waals surface area contributed by atoms with Crippen molar-refractivity contribution in [2.24, 2.45) is 5.92 Å². The van der Waals surface area contributed by atoms with Gasteiger partial charge < -0.3 is 10.3 Å². The van der Waals surface area contributed by atoms with E-state index in [0.717, 1.165) is 22.2 Å². The number of carbonyl (C=O) groups excluding carboxylic acids is 1. The summed E-state index contributed by atoms with van der Waals surface area (Å²) >= 11 is 0. The highest BCUT2D eigenvalue weighted by Crippen LogP contribution is 2.22. The number of amides is 1. The zero-order valence-electron chi connectivity index (χ0n) is 12.3. The van der Waals surface area contributed by atoms with Crippen molar-refractivity contribution in [1.82, 2.24) is 10.3 Å². The van der Waals surface area contributed by atoms with Crippen molar-refractivity contribution in [2.75, 3.05) is 0 Å². The van der Waals surface area contributed by atoms with Crippen molar-refractivity contribution in [2.45, 2.75) is 40.7 Å². The van der Waals surface area contributed by atoms with Crippen LogP contribution >= 0.6 is 0 Å². The number of aromatic nitrogens is 1. The van der Waals surface area contributed by atoms with E-state index in [-0.39, 0.29) is 11.9 Å². The third-order valence-corrected chi connectivity index (χ3v) is 3.93. The van der Waals surface area contributed by atoms with Gasteiger partial charge in [0.15, 0.2) is 0 Å². The summed E-state index contributed by atoms with van der Waals surface area (Å²) in [5, 5.41) is 4.16. The van der Waals surface area contributed by atoms with Crippen LogP contribution in [0.5, 0.6) is 0 Å². The molecule has 0 spiro atoms. The van der Waals surface area contributed by atoms with E-state index in [1.165, 1.54) is 5.56 Å². The zero-order chi connectivity index (χ0) is 14.2. The maximum absolute atomic E-state index is 12.2. The maximum atomic E-state index is 12.2. The molecule has 0 radical (unpaired) electrons. The number of hydrogen-bond acceptors (Lipinski definition) is 1. The monoisotopic (exact) mass is 258 g/mol. The van der Waals surface area contributed by atoms with Crippen molar-refractivity contribution in [1.29, 1.82) is 0 Å². The van der Waals surface area contributed by atoms with Gasteiger partial charge in [-0.25, -0.2) is 0 Å². The van der Waals surface area contributed by atoms with Gasteiger partial charge in [-0.3, -0.25) is 4.79 Å². The second kappa shape index (κ2) is 5.08. The normalized spacial score (nSPS) is 12.9. The summed E-state index contributed by atoms with van der Waals surface area (Å²) in [4.78, 5) is 15.5. The summed E-state index contributed by atoms with van der Waals surface area (Å²) in [6.45, 7) is 10.4. The molecule has 1 aromatic carbocycles. The predicted molar refractivity (Wildman–Crippen MR) is 79.5 cm³/mol. The van der Waals surface area contributed by atoms with Crippen molar-refractivity contribution >= 4 is 16.8 Å². The molecule has 102 valence electrons. The van der Waals surface area contributed by atoms with E-state index >= 15 is 0 Å². The van der Waals surface area contributed by atoms with Gasteiger partial charge in [-0.2, -0.15) is 0 Å². The van der Waals surface area contributed by atoms with Crippen molar-refractivity contribution in [3.63, 3.8) is 0 Å². The van der Waals surface area contributed by atoms with Crippen LogP contribution in [0, 0.1) is 19.8 Å². The van der Waals surface area contributed by atoms with Crippen LogP contribution in [0.2, 0.25) is 0 Å². The summed E-state index contributed by atoms with van der Waals surface area (Å²) in [7, 11) is 0. The van der Waals surface area contributed by atoms with Crippen LogP contribution in [-0.2, 0) is 0 Å². The Morgan fingerprint density at radius 2 is 1.89 bits per heavy atom. The Balaban J connectivity index is 2.30. The van der Waals surface area contributed by atoms with Crippen LogP contribution in [0.4, 0.5) is 0 Å². The lowest BCUT2D eigenvalue weighted by atomic mass is 10.0. The van der Waals surface area contributed by atoms with Crippen LogP contribution in [0.15, 0.2) is 18.2 Å². The molecule has 3 nitrogen and oxygen atoms in total. The van der Waals surface area contributed by atoms with Gasteiger partial charge in [-0.1, -0.05) is 13.8 Å². The van der Waals surface area contributed by atoms with Gasteiger partial charge in [0.1, 0.15) is 0 Å². The summed E-state index contributed by atoms with van der Waals surface area (Å²) < 4.78 is 0. The highest BCUT2D eigenvalue weighted by atomic mass is 16.1. The van der Waals surface area contributed by atoms with Crippen LogP contribution in [0.25, 0.3) is 10.9 Å². The number of H-pyrrole nitrogens is 1. The van der Waals surface area contributed by atoms with Crippen LogP contribution < -0.4 is 5.32 Å². The lowest BCUT2D eigenvalue weighted by Gasteiger charge is -2.17. The SMILES string of the molecule is Cc1[nH]c2ccc(C(=O)NC(C)C(C)C)cc2c1C. The highest BCUT2D eigenvalue weighted by Gasteiger charge is 2.14. The van der Waals surface area contributed by atoms with Gasteiger partial charge in [-0.05, 0) is 50.5 Å². The molecule has 19 heavy (non-hydrogen) atoms. The number of aromatic amines is 1. The largest absolute Gasteiger partial charge is 0.358 e. The van der Waals surface area contributed by atoms with Gasteiger partial charge in [0.2, 0.25) is 0 Å². The number of fused-ring (bicyclic) bond motifs is 1. The fourth-order valence-corrected chi connectivity index (χ4v) is 2.06. The molecule has 2 N–H and O–H groups in total. The summed E-state index contributed by atoms with van der Waals surface area (Å²) in [5.41, 5.74) is 4.18. The first-order chi connectivity index (χ1) is 8.90. The molecule has 0 aliphatic heterocycles. The fourth-order valence-electron chi connectivity index (χ4n) is 2.06. The van der Waals surface area contributed by atoms with Crippen molar-refractivity contribution in [3.8, 4) is 0 Å². The van der Waals surface area contributed by atoms with Gasteiger partial charge >= 0.3 is 0 Å². The Morgan fingerprint density at radius 1 is 1.21 bits per heavy atom. The van der Waals surface area contributed by atoms with Gasteiger partial charge in [0.25, 0.3) is 5.91 Å². The molecule has 2 aromatic rings. The van der Waals surface area contributed by atoms with Crippen molar-refractivity contribution in [3.05, 3.63) is 35.0 Å². The smallest absolute Gasteiger partial charge is 0.251 e. The second-order valence-corrected chi connectivity index (χ2v) is 5.64. The van der Waals surface area contributed by atoms with Gasteiger partial charge in [0, 0.05) is 28.2 Å². The topological polar surface area (TPSA) is 44.9 Å². The van der Waals surface area contributed by atoms with Gasteiger partial charge in [0.05, 0.1) is 0 Å². The molecule has 3 heteroatoms. The van der Waals surface area contributed by atoms with Crippen LogP contribution in [0.1, 0.15) is 42.4 Å². The Bertz CT molecular complexity index is 610. The third kappa shape index (κ3) is 2.65. The van der Waals surface area contributed by atoms with Crippen molar-refractivity contribution < 1.29 is 4.79 Å². The number of aryl methyl sites for hydroxylation is 2. The summed E-state index contributed by atoms with van der Waals surface area (Å²) in [6, 6.07) is 6.00. The first kappa shape index (κ1) is 13.7. The zero-order valence-corrected chi connectivity index (χ0v) is 12.3. The Labute approximate surface area is 114 Å². The molecule has 2 rings (SSSR count). The average molecular weight is 258 g/mol. The number of benzene rings is 1. The van der Waals surface area contributed by atoms with E-state index in [4.69, 9.17) is 0 Å². The Kier molecular flexibility index (Phi) is 3.65. The standard InChI is InChI=1S/C16H22N2O/c1-9(2)11(4)18-16(19)13-6-7-15-14(8-13)10(3)12(5)17-15/h6-9,11,17H,1-5H3,(H,18,19). The number of nitrogens with one attached hydrogen (secondary N) is 2. The molecule has 0 bridgehead atoms. The molecule has 1 aromatic heterocycles. The molecule has 1 unspecified atom stereocenters. The maximum Gasteiger partial charge on any atom is 0.251 e. The third-order valence-electron chi connectivity index (χ3n) is 3.93.